The Morgan fingerprint density at radius 2 is 2.15 bits per heavy atom. The van der Waals surface area contributed by atoms with Crippen LogP contribution in [0.25, 0.3) is 0 Å². The first-order valence-corrected chi connectivity index (χ1v) is 11.4. The minimum atomic E-state index is -0.630. The van der Waals surface area contributed by atoms with Crippen molar-refractivity contribution in [1.82, 2.24) is 25.2 Å². The van der Waals surface area contributed by atoms with Gasteiger partial charge in [0.15, 0.2) is 5.13 Å². The molecule has 1 aromatic carbocycles. The summed E-state index contributed by atoms with van der Waals surface area (Å²) in [5.41, 5.74) is 1.28. The number of aliphatic hydroxyl groups excluding tert-OH is 1. The number of amides is 3. The van der Waals surface area contributed by atoms with Crippen molar-refractivity contribution in [2.75, 3.05) is 18.1 Å². The van der Waals surface area contributed by atoms with E-state index in [9.17, 15) is 14.7 Å². The third-order valence-electron chi connectivity index (χ3n) is 4.84. The molecule has 3 amide bonds. The van der Waals surface area contributed by atoms with Crippen molar-refractivity contribution in [3.05, 3.63) is 77.8 Å². The topological polar surface area (TPSA) is 136 Å². The molecule has 1 atom stereocenters. The SMILES string of the molecule is C=C[C@H](CO)NC(=O)N(Cc1ccc(C#N)cc1)c1ncc(C(=O)NCCCn2ccnc2)s1. The Kier molecular flexibility index (Phi) is 8.90. The summed E-state index contributed by atoms with van der Waals surface area (Å²) in [6, 6.07) is 7.75. The predicted molar refractivity (Wildman–Crippen MR) is 128 cm³/mol. The van der Waals surface area contributed by atoms with Crippen molar-refractivity contribution < 1.29 is 14.7 Å². The molecule has 0 saturated carbocycles. The molecule has 176 valence electrons. The summed E-state index contributed by atoms with van der Waals surface area (Å²) < 4.78 is 1.93. The van der Waals surface area contributed by atoms with Crippen molar-refractivity contribution in [3.63, 3.8) is 0 Å². The van der Waals surface area contributed by atoms with E-state index < -0.39 is 12.1 Å². The zero-order chi connectivity index (χ0) is 24.3. The number of hydrogen-bond donors (Lipinski definition) is 3. The Morgan fingerprint density at radius 1 is 1.35 bits per heavy atom. The lowest BCUT2D eigenvalue weighted by Gasteiger charge is -2.23. The summed E-state index contributed by atoms with van der Waals surface area (Å²) in [4.78, 5) is 35.5. The van der Waals surface area contributed by atoms with Gasteiger partial charge in [-0.1, -0.05) is 29.5 Å². The van der Waals surface area contributed by atoms with E-state index in [0.29, 0.717) is 22.1 Å². The predicted octanol–water partition coefficient (Wildman–Crippen LogP) is 2.29. The van der Waals surface area contributed by atoms with Gasteiger partial charge in [0, 0.05) is 25.5 Å². The number of nitriles is 1. The van der Waals surface area contributed by atoms with Gasteiger partial charge in [-0.15, -0.1) is 6.58 Å². The van der Waals surface area contributed by atoms with Crippen molar-refractivity contribution in [2.24, 2.45) is 0 Å². The molecule has 2 heterocycles. The quantitative estimate of drug-likeness (QED) is 0.285. The number of nitrogens with one attached hydrogen (secondary N) is 2. The van der Waals surface area contributed by atoms with Gasteiger partial charge in [0.05, 0.1) is 43.4 Å². The summed E-state index contributed by atoms with van der Waals surface area (Å²) >= 11 is 1.09. The molecule has 0 saturated heterocycles. The van der Waals surface area contributed by atoms with Gasteiger partial charge in [0.25, 0.3) is 5.91 Å². The van der Waals surface area contributed by atoms with Crippen LogP contribution in [0.1, 0.15) is 27.2 Å². The molecule has 0 unspecified atom stereocenters. The number of anilines is 1. The molecule has 0 bridgehead atoms. The Labute approximate surface area is 201 Å². The Balaban J connectivity index is 1.69. The molecule has 0 radical (unpaired) electrons. The molecule has 2 aromatic heterocycles. The van der Waals surface area contributed by atoms with Crippen LogP contribution >= 0.6 is 11.3 Å². The number of carbonyl (C=O) groups excluding carboxylic acids is 2. The molecule has 0 aliphatic carbocycles. The number of benzene rings is 1. The van der Waals surface area contributed by atoms with Crippen molar-refractivity contribution in [2.45, 2.75) is 25.6 Å². The van der Waals surface area contributed by atoms with Crippen LogP contribution in [0.3, 0.4) is 0 Å². The zero-order valence-corrected chi connectivity index (χ0v) is 19.2. The number of carbonyl (C=O) groups is 2. The summed E-state index contributed by atoms with van der Waals surface area (Å²) in [5, 5.41) is 24.3. The van der Waals surface area contributed by atoms with Crippen LogP contribution in [0.2, 0.25) is 0 Å². The standard InChI is InChI=1S/C23H25N7O3S/c1-2-19(15-31)28-22(33)30(14-18-6-4-17(12-24)5-7-18)23-27-13-20(34-23)21(32)26-8-3-10-29-11-9-25-16-29/h2,4-7,9,11,13,16,19,31H,1,3,8,10,14-15H2,(H,26,32)(H,28,33)/t19-/m1/s1. The number of aromatic nitrogens is 3. The van der Waals surface area contributed by atoms with Gasteiger partial charge in [-0.05, 0) is 24.1 Å². The maximum absolute atomic E-state index is 13.0. The molecule has 34 heavy (non-hydrogen) atoms. The molecule has 11 heteroatoms. The Morgan fingerprint density at radius 3 is 2.79 bits per heavy atom. The van der Waals surface area contributed by atoms with Crippen molar-refractivity contribution in [3.8, 4) is 6.07 Å². The molecular weight excluding hydrogens is 454 g/mol. The number of urea groups is 1. The third-order valence-corrected chi connectivity index (χ3v) is 5.86. The molecule has 0 aliphatic rings. The lowest BCUT2D eigenvalue weighted by Crippen LogP contribution is -2.45. The van der Waals surface area contributed by atoms with Crippen LogP contribution in [0.5, 0.6) is 0 Å². The normalized spacial score (nSPS) is 11.3. The zero-order valence-electron chi connectivity index (χ0n) is 18.4. The minimum absolute atomic E-state index is 0.159. The lowest BCUT2D eigenvalue weighted by molar-refractivity contribution is 0.0956. The lowest BCUT2D eigenvalue weighted by atomic mass is 10.1. The smallest absolute Gasteiger partial charge is 0.324 e. The van der Waals surface area contributed by atoms with E-state index >= 15 is 0 Å². The van der Waals surface area contributed by atoms with E-state index in [4.69, 9.17) is 5.26 Å². The molecular formula is C23H25N7O3S. The maximum Gasteiger partial charge on any atom is 0.324 e. The first-order chi connectivity index (χ1) is 16.5. The second kappa shape index (κ2) is 12.3. The van der Waals surface area contributed by atoms with E-state index in [0.717, 1.165) is 29.9 Å². The first kappa shape index (κ1) is 24.6. The summed E-state index contributed by atoms with van der Waals surface area (Å²) in [7, 11) is 0. The number of aliphatic hydroxyl groups is 1. The second-order valence-electron chi connectivity index (χ2n) is 7.29. The van der Waals surface area contributed by atoms with E-state index in [1.807, 2.05) is 10.8 Å². The largest absolute Gasteiger partial charge is 0.394 e. The van der Waals surface area contributed by atoms with E-state index in [2.05, 4.69) is 33.2 Å². The number of imidazole rings is 1. The van der Waals surface area contributed by atoms with E-state index in [1.165, 1.54) is 17.2 Å². The highest BCUT2D eigenvalue weighted by atomic mass is 32.1. The van der Waals surface area contributed by atoms with Crippen molar-refractivity contribution in [1.29, 1.82) is 5.26 Å². The second-order valence-corrected chi connectivity index (χ2v) is 8.30. The molecule has 3 aromatic rings. The van der Waals surface area contributed by atoms with Gasteiger partial charge < -0.3 is 20.3 Å². The van der Waals surface area contributed by atoms with Crippen LogP contribution in [-0.4, -0.2) is 50.8 Å². The van der Waals surface area contributed by atoms with Crippen LogP contribution in [-0.2, 0) is 13.1 Å². The number of hydrogen-bond acceptors (Lipinski definition) is 7. The van der Waals surface area contributed by atoms with Crippen LogP contribution in [0.15, 0.2) is 61.8 Å². The van der Waals surface area contributed by atoms with E-state index in [-0.39, 0.29) is 19.1 Å². The molecule has 10 nitrogen and oxygen atoms in total. The summed E-state index contributed by atoms with van der Waals surface area (Å²) in [5.74, 6) is -0.271. The van der Waals surface area contributed by atoms with Gasteiger partial charge >= 0.3 is 6.03 Å². The Bertz CT molecular complexity index is 1140. The van der Waals surface area contributed by atoms with Crippen LogP contribution in [0.4, 0.5) is 9.93 Å². The number of aryl methyl sites for hydroxylation is 1. The van der Waals surface area contributed by atoms with E-state index in [1.54, 1.807) is 36.8 Å². The minimum Gasteiger partial charge on any atom is -0.394 e. The average Bonchev–Trinajstić information content (AvgIpc) is 3.56. The number of rotatable bonds is 11. The molecule has 0 fully saturated rings. The highest BCUT2D eigenvalue weighted by molar-refractivity contribution is 7.17. The third kappa shape index (κ3) is 6.74. The van der Waals surface area contributed by atoms with Gasteiger partial charge in [0.1, 0.15) is 4.88 Å². The molecule has 3 rings (SSSR count). The number of thiazole rings is 1. The number of nitrogens with zero attached hydrogens (tertiary/aromatic N) is 5. The molecule has 0 spiro atoms. The van der Waals surface area contributed by atoms with Crippen LogP contribution < -0.4 is 15.5 Å². The Hall–Kier alpha value is -4.01. The van der Waals surface area contributed by atoms with Gasteiger partial charge in [-0.25, -0.2) is 14.8 Å². The van der Waals surface area contributed by atoms with Gasteiger partial charge in [-0.2, -0.15) is 5.26 Å². The first-order valence-electron chi connectivity index (χ1n) is 10.5. The molecule has 0 aliphatic heterocycles. The van der Waals surface area contributed by atoms with Crippen molar-refractivity contribution >= 4 is 28.4 Å². The highest BCUT2D eigenvalue weighted by Gasteiger charge is 2.23. The van der Waals surface area contributed by atoms with Gasteiger partial charge in [-0.3, -0.25) is 9.69 Å². The monoisotopic (exact) mass is 479 g/mol. The fraction of sp³-hybridized carbons (Fsp3) is 0.261. The van der Waals surface area contributed by atoms with Crippen LogP contribution in [0, 0.1) is 11.3 Å². The average molecular weight is 480 g/mol. The van der Waals surface area contributed by atoms with Gasteiger partial charge in [0.2, 0.25) is 0 Å². The summed E-state index contributed by atoms with van der Waals surface area (Å²) in [6.45, 7) is 4.68. The summed E-state index contributed by atoms with van der Waals surface area (Å²) in [6.07, 6.45) is 8.89. The highest BCUT2D eigenvalue weighted by Crippen LogP contribution is 2.25. The maximum atomic E-state index is 13.0. The fourth-order valence-electron chi connectivity index (χ4n) is 2.97. The molecule has 3 N–H and O–H groups in total. The fourth-order valence-corrected chi connectivity index (χ4v) is 3.80.